The molecule has 4 aromatic heterocycles. The molecule has 0 aliphatic heterocycles. The molecule has 0 saturated heterocycles. The molecule has 11 heteroatoms. The van der Waals surface area contributed by atoms with E-state index in [-0.39, 0.29) is 12.5 Å². The smallest absolute Gasteiger partial charge is 0.255 e. The number of benzene rings is 1. The maximum Gasteiger partial charge on any atom is 0.255 e. The Bertz CT molecular complexity index is 1590. The summed E-state index contributed by atoms with van der Waals surface area (Å²) in [5, 5.41) is 5.24. The normalized spacial score (nSPS) is 11.1. The second-order valence-electron chi connectivity index (χ2n) is 8.53. The lowest BCUT2D eigenvalue weighted by Crippen LogP contribution is -2.22. The Kier molecular flexibility index (Phi) is 5.72. The lowest BCUT2D eigenvalue weighted by Gasteiger charge is -2.14. The quantitative estimate of drug-likeness (QED) is 0.351. The Morgan fingerprint density at radius 3 is 2.67 bits per heavy atom. The molecule has 0 fully saturated rings. The first kappa shape index (κ1) is 22.8. The highest BCUT2D eigenvalue weighted by atomic mass is 16.5. The van der Waals surface area contributed by atoms with Crippen molar-refractivity contribution in [1.82, 2.24) is 34.2 Å². The van der Waals surface area contributed by atoms with E-state index in [9.17, 15) is 4.79 Å². The van der Waals surface area contributed by atoms with Gasteiger partial charge in [-0.3, -0.25) is 19.0 Å². The van der Waals surface area contributed by atoms with Gasteiger partial charge in [0, 0.05) is 62.6 Å². The fraction of sp³-hybridized carbons (Fsp3) is 0.160. The summed E-state index contributed by atoms with van der Waals surface area (Å²) in [5.74, 6) is 0.766. The van der Waals surface area contributed by atoms with Crippen LogP contribution in [0.1, 0.15) is 15.9 Å². The molecule has 1 amide bonds. The summed E-state index contributed by atoms with van der Waals surface area (Å²) in [4.78, 5) is 26.7. The third-order valence-electron chi connectivity index (χ3n) is 5.73. The van der Waals surface area contributed by atoms with E-state index in [1.165, 1.54) is 11.2 Å². The van der Waals surface area contributed by atoms with Gasteiger partial charge in [0.15, 0.2) is 5.65 Å². The first-order valence-corrected chi connectivity index (χ1v) is 11.1. The lowest BCUT2D eigenvalue weighted by molar-refractivity contribution is 0.0828. The van der Waals surface area contributed by atoms with E-state index < -0.39 is 0 Å². The minimum absolute atomic E-state index is 0.163. The number of carbonyl (C=O) groups is 1. The number of amides is 1. The molecule has 36 heavy (non-hydrogen) atoms. The van der Waals surface area contributed by atoms with Gasteiger partial charge in [-0.1, -0.05) is 0 Å². The molecule has 0 bridgehead atoms. The van der Waals surface area contributed by atoms with Gasteiger partial charge in [-0.15, -0.1) is 0 Å². The molecule has 0 radical (unpaired) electrons. The SMILES string of the molecule is CN(C)C(=O)c1ccc(OCc2cncc(-n3cc(-c4ccn(C)n4)c4c(N)ncnc43)c2)cc1N. The van der Waals surface area contributed by atoms with Gasteiger partial charge in [0.25, 0.3) is 5.91 Å². The standard InChI is InChI=1S/C25H25N9O2/c1-32(2)25(35)18-5-4-17(9-20(18)26)36-13-15-8-16(11-28-10-15)34-12-19(21-6-7-33(3)31-21)22-23(27)29-14-30-24(22)34/h4-12,14H,13,26H2,1-3H3,(H2,27,29,30). The highest BCUT2D eigenvalue weighted by Gasteiger charge is 2.18. The van der Waals surface area contributed by atoms with E-state index in [1.54, 1.807) is 49.4 Å². The molecule has 0 saturated carbocycles. The van der Waals surface area contributed by atoms with Crippen LogP contribution in [-0.4, -0.2) is 54.2 Å². The number of ether oxygens (including phenoxy) is 1. The van der Waals surface area contributed by atoms with Gasteiger partial charge in [-0.25, -0.2) is 9.97 Å². The fourth-order valence-corrected chi connectivity index (χ4v) is 3.95. The fourth-order valence-electron chi connectivity index (χ4n) is 3.95. The largest absolute Gasteiger partial charge is 0.489 e. The van der Waals surface area contributed by atoms with E-state index in [2.05, 4.69) is 20.1 Å². The molecular formula is C25H25N9O2. The van der Waals surface area contributed by atoms with Gasteiger partial charge in [0.05, 0.1) is 28.5 Å². The average Bonchev–Trinajstić information content (AvgIpc) is 3.47. The Morgan fingerprint density at radius 1 is 1.11 bits per heavy atom. The summed E-state index contributed by atoms with van der Waals surface area (Å²) >= 11 is 0. The van der Waals surface area contributed by atoms with Gasteiger partial charge in [-0.2, -0.15) is 5.10 Å². The summed E-state index contributed by atoms with van der Waals surface area (Å²) in [6, 6.07) is 8.91. The number of rotatable bonds is 6. The van der Waals surface area contributed by atoms with Gasteiger partial charge in [0.2, 0.25) is 0 Å². The van der Waals surface area contributed by atoms with Crippen LogP contribution in [0.4, 0.5) is 11.5 Å². The monoisotopic (exact) mass is 483 g/mol. The third kappa shape index (κ3) is 4.17. The van der Waals surface area contributed by atoms with Crippen molar-refractivity contribution in [3.63, 3.8) is 0 Å². The zero-order valence-electron chi connectivity index (χ0n) is 20.1. The molecule has 5 aromatic rings. The highest BCUT2D eigenvalue weighted by Crippen LogP contribution is 2.33. The lowest BCUT2D eigenvalue weighted by atomic mass is 10.1. The molecule has 0 aliphatic carbocycles. The molecule has 1 aromatic carbocycles. The van der Waals surface area contributed by atoms with Crippen molar-refractivity contribution in [2.75, 3.05) is 25.6 Å². The van der Waals surface area contributed by atoms with E-state index in [4.69, 9.17) is 16.2 Å². The number of fused-ring (bicyclic) bond motifs is 1. The molecule has 182 valence electrons. The van der Waals surface area contributed by atoms with Gasteiger partial charge in [-0.05, 0) is 24.3 Å². The molecule has 11 nitrogen and oxygen atoms in total. The van der Waals surface area contributed by atoms with Crippen molar-refractivity contribution in [3.8, 4) is 22.7 Å². The molecule has 0 spiro atoms. The number of nitrogens with two attached hydrogens (primary N) is 2. The Labute approximate surface area is 207 Å². The molecule has 0 aliphatic rings. The Morgan fingerprint density at radius 2 is 1.94 bits per heavy atom. The molecule has 4 heterocycles. The van der Waals surface area contributed by atoms with Gasteiger partial charge in [0.1, 0.15) is 24.5 Å². The second kappa shape index (κ2) is 9.02. The maximum atomic E-state index is 12.2. The Hall–Kier alpha value is -4.93. The number of carbonyl (C=O) groups excluding carboxylic acids is 1. The van der Waals surface area contributed by atoms with Gasteiger partial charge >= 0.3 is 0 Å². The number of nitrogens with zero attached hydrogens (tertiary/aromatic N) is 7. The van der Waals surface area contributed by atoms with E-state index >= 15 is 0 Å². The topological polar surface area (TPSA) is 143 Å². The van der Waals surface area contributed by atoms with Crippen molar-refractivity contribution in [2.24, 2.45) is 7.05 Å². The summed E-state index contributed by atoms with van der Waals surface area (Å²) in [5.41, 5.74) is 17.0. The number of anilines is 2. The summed E-state index contributed by atoms with van der Waals surface area (Å²) in [7, 11) is 5.22. The zero-order valence-corrected chi connectivity index (χ0v) is 20.1. The molecule has 0 unspecified atom stereocenters. The molecule has 0 atom stereocenters. The van der Waals surface area contributed by atoms with Crippen LogP contribution in [0.25, 0.3) is 28.0 Å². The summed E-state index contributed by atoms with van der Waals surface area (Å²) < 4.78 is 9.57. The first-order valence-electron chi connectivity index (χ1n) is 11.1. The van der Waals surface area contributed by atoms with E-state index in [1.807, 2.05) is 36.1 Å². The van der Waals surface area contributed by atoms with Crippen LogP contribution >= 0.6 is 0 Å². The number of aromatic nitrogens is 6. The minimum atomic E-state index is -0.163. The minimum Gasteiger partial charge on any atom is -0.489 e. The predicted molar refractivity (Wildman–Crippen MR) is 136 cm³/mol. The van der Waals surface area contributed by atoms with Crippen LogP contribution in [0.3, 0.4) is 0 Å². The summed E-state index contributed by atoms with van der Waals surface area (Å²) in [6.45, 7) is 0.255. The van der Waals surface area contributed by atoms with Crippen LogP contribution in [0, 0.1) is 0 Å². The van der Waals surface area contributed by atoms with Crippen molar-refractivity contribution >= 4 is 28.4 Å². The average molecular weight is 484 g/mol. The van der Waals surface area contributed by atoms with Crippen molar-refractivity contribution in [3.05, 3.63) is 72.6 Å². The zero-order chi connectivity index (χ0) is 25.4. The first-order chi connectivity index (χ1) is 17.3. The highest BCUT2D eigenvalue weighted by molar-refractivity contribution is 6.00. The second-order valence-corrected chi connectivity index (χ2v) is 8.53. The Balaban J connectivity index is 1.44. The van der Waals surface area contributed by atoms with Crippen LogP contribution in [0.15, 0.2) is 61.4 Å². The molecule has 5 rings (SSSR count). The van der Waals surface area contributed by atoms with Crippen molar-refractivity contribution in [1.29, 1.82) is 0 Å². The number of hydrogen-bond acceptors (Lipinski definition) is 8. The third-order valence-corrected chi connectivity index (χ3v) is 5.73. The van der Waals surface area contributed by atoms with Crippen molar-refractivity contribution < 1.29 is 9.53 Å². The van der Waals surface area contributed by atoms with E-state index in [0.29, 0.717) is 28.5 Å². The van der Waals surface area contributed by atoms with Crippen molar-refractivity contribution in [2.45, 2.75) is 6.61 Å². The summed E-state index contributed by atoms with van der Waals surface area (Å²) in [6.07, 6.45) is 8.70. The predicted octanol–water partition coefficient (Wildman–Crippen LogP) is 2.66. The van der Waals surface area contributed by atoms with Crippen LogP contribution in [-0.2, 0) is 13.7 Å². The number of aryl methyl sites for hydroxylation is 1. The van der Waals surface area contributed by atoms with Gasteiger partial charge < -0.3 is 21.1 Å². The number of hydrogen-bond donors (Lipinski definition) is 2. The molecule has 4 N–H and O–H groups in total. The van der Waals surface area contributed by atoms with Crippen LogP contribution < -0.4 is 16.2 Å². The van der Waals surface area contributed by atoms with Crippen LogP contribution in [0.2, 0.25) is 0 Å². The number of pyridine rings is 1. The van der Waals surface area contributed by atoms with E-state index in [0.717, 1.165) is 27.9 Å². The molecular weight excluding hydrogens is 458 g/mol. The maximum absolute atomic E-state index is 12.2. The van der Waals surface area contributed by atoms with Crippen LogP contribution in [0.5, 0.6) is 5.75 Å². The number of nitrogen functional groups attached to an aromatic ring is 2.